The monoisotopic (exact) mass is 468 g/mol. The predicted octanol–water partition coefficient (Wildman–Crippen LogP) is 4.79. The molecule has 1 aliphatic heterocycles. The number of carbonyl (C=O) groups is 1. The van der Waals surface area contributed by atoms with Gasteiger partial charge in [-0.2, -0.15) is 0 Å². The first-order chi connectivity index (χ1) is 15.6. The van der Waals surface area contributed by atoms with Gasteiger partial charge in [0.2, 0.25) is 5.91 Å². The summed E-state index contributed by atoms with van der Waals surface area (Å²) in [7, 11) is 1.98. The second-order valence-corrected chi connectivity index (χ2v) is 10.6. The zero-order valence-corrected chi connectivity index (χ0v) is 20.1. The molecule has 2 aromatic heterocycles. The Morgan fingerprint density at radius 1 is 1.31 bits per heavy atom. The molecule has 3 heterocycles. The van der Waals surface area contributed by atoms with Gasteiger partial charge >= 0.3 is 0 Å². The molecule has 0 bridgehead atoms. The number of thiophene rings is 1. The van der Waals surface area contributed by atoms with Crippen LogP contribution >= 0.6 is 23.1 Å². The number of aryl methyl sites for hydroxylation is 1. The molecular weight excluding hydrogens is 440 g/mol. The van der Waals surface area contributed by atoms with E-state index in [1.807, 2.05) is 47.2 Å². The van der Waals surface area contributed by atoms with E-state index < -0.39 is 0 Å². The van der Waals surface area contributed by atoms with Crippen LogP contribution in [0.4, 0.5) is 0 Å². The lowest BCUT2D eigenvalue weighted by molar-refractivity contribution is -0.119. The average Bonchev–Trinajstić information content (AvgIpc) is 3.40. The highest BCUT2D eigenvalue weighted by Crippen LogP contribution is 2.38. The van der Waals surface area contributed by atoms with Gasteiger partial charge in [-0.25, -0.2) is 0 Å². The molecule has 5 rings (SSSR count). The lowest BCUT2D eigenvalue weighted by Crippen LogP contribution is -2.33. The van der Waals surface area contributed by atoms with Crippen molar-refractivity contribution < 1.29 is 9.53 Å². The van der Waals surface area contributed by atoms with Gasteiger partial charge in [0.15, 0.2) is 11.0 Å². The van der Waals surface area contributed by atoms with Crippen molar-refractivity contribution >= 4 is 29.0 Å². The standard InChI is InChI=1S/C24H28N4O2S2/c1-3-15-8-9-20-16(12-15)13-21(32-20)23-26-27-24(28(23)2)31-14-22(29)25-18-10-11-30-19-7-5-4-6-17(18)19/h4-7,13,15,18H,3,8-12,14H2,1-2H3,(H,25,29). The van der Waals surface area contributed by atoms with Crippen LogP contribution in [0.2, 0.25) is 0 Å². The first-order valence-corrected chi connectivity index (χ1v) is 13.1. The zero-order chi connectivity index (χ0) is 22.1. The van der Waals surface area contributed by atoms with E-state index >= 15 is 0 Å². The fourth-order valence-electron chi connectivity index (χ4n) is 4.57. The molecule has 0 saturated heterocycles. The highest BCUT2D eigenvalue weighted by atomic mass is 32.2. The van der Waals surface area contributed by atoms with Gasteiger partial charge in [0.25, 0.3) is 0 Å². The summed E-state index contributed by atoms with van der Waals surface area (Å²) in [4.78, 5) is 15.3. The summed E-state index contributed by atoms with van der Waals surface area (Å²) in [5.74, 6) is 2.86. The number of hydrogen-bond acceptors (Lipinski definition) is 6. The van der Waals surface area contributed by atoms with Crippen LogP contribution in [-0.4, -0.2) is 33.0 Å². The second-order valence-electron chi connectivity index (χ2n) is 8.53. The number of nitrogens with zero attached hydrogens (tertiary/aromatic N) is 3. The summed E-state index contributed by atoms with van der Waals surface area (Å²) in [6.45, 7) is 2.90. The summed E-state index contributed by atoms with van der Waals surface area (Å²) in [6, 6.07) is 10.2. The van der Waals surface area contributed by atoms with Gasteiger partial charge in [-0.3, -0.25) is 4.79 Å². The number of nitrogens with one attached hydrogen (secondary N) is 1. The van der Waals surface area contributed by atoms with Crippen molar-refractivity contribution in [3.8, 4) is 16.5 Å². The highest BCUT2D eigenvalue weighted by Gasteiger charge is 2.24. The van der Waals surface area contributed by atoms with Gasteiger partial charge in [0.1, 0.15) is 5.75 Å². The Bertz CT molecular complexity index is 1120. The van der Waals surface area contributed by atoms with Gasteiger partial charge in [-0.05, 0) is 42.9 Å². The van der Waals surface area contributed by atoms with E-state index in [9.17, 15) is 4.79 Å². The van der Waals surface area contributed by atoms with E-state index in [1.165, 1.54) is 52.8 Å². The number of fused-ring (bicyclic) bond motifs is 2. The second kappa shape index (κ2) is 9.27. The number of thioether (sulfide) groups is 1. The fraction of sp³-hybridized carbons (Fsp3) is 0.458. The van der Waals surface area contributed by atoms with Crippen molar-refractivity contribution in [2.45, 2.75) is 50.2 Å². The normalized spacial score (nSPS) is 19.7. The third-order valence-corrected chi connectivity index (χ3v) is 8.70. The first-order valence-electron chi connectivity index (χ1n) is 11.3. The Kier molecular flexibility index (Phi) is 6.24. The Morgan fingerprint density at radius 2 is 2.19 bits per heavy atom. The average molecular weight is 469 g/mol. The number of hydrogen-bond donors (Lipinski definition) is 1. The molecule has 1 aliphatic carbocycles. The van der Waals surface area contributed by atoms with E-state index in [0.29, 0.717) is 12.4 Å². The lowest BCUT2D eigenvalue weighted by Gasteiger charge is -2.26. The SMILES string of the molecule is CCC1CCc2sc(-c3nnc(SCC(=O)NC4CCOc5ccccc54)n3C)cc2C1. The molecular formula is C24H28N4O2S2. The molecule has 0 radical (unpaired) electrons. The van der Waals surface area contributed by atoms with Crippen molar-refractivity contribution in [1.82, 2.24) is 20.1 Å². The Balaban J connectivity index is 1.23. The van der Waals surface area contributed by atoms with Crippen molar-refractivity contribution in [2.75, 3.05) is 12.4 Å². The molecule has 6 nitrogen and oxygen atoms in total. The van der Waals surface area contributed by atoms with Gasteiger partial charge in [0, 0.05) is 23.9 Å². The number of ether oxygens (including phenoxy) is 1. The van der Waals surface area contributed by atoms with Crippen LogP contribution in [0.15, 0.2) is 35.5 Å². The number of amides is 1. The topological polar surface area (TPSA) is 69.0 Å². The van der Waals surface area contributed by atoms with E-state index in [1.54, 1.807) is 0 Å². The maximum Gasteiger partial charge on any atom is 0.230 e. The number of benzene rings is 1. The summed E-state index contributed by atoms with van der Waals surface area (Å²) in [6.07, 6.45) is 5.67. The summed E-state index contributed by atoms with van der Waals surface area (Å²) < 4.78 is 7.70. The van der Waals surface area contributed by atoms with Gasteiger partial charge in [0.05, 0.1) is 23.3 Å². The minimum atomic E-state index is -0.00695. The number of rotatable bonds is 6. The molecule has 1 N–H and O–H groups in total. The minimum absolute atomic E-state index is 0.00144. The smallest absolute Gasteiger partial charge is 0.230 e. The highest BCUT2D eigenvalue weighted by molar-refractivity contribution is 7.99. The van der Waals surface area contributed by atoms with Crippen LogP contribution in [0.1, 0.15) is 48.2 Å². The molecule has 1 aromatic carbocycles. The van der Waals surface area contributed by atoms with Gasteiger partial charge < -0.3 is 14.6 Å². The van der Waals surface area contributed by atoms with Crippen LogP contribution in [0, 0.1) is 5.92 Å². The fourth-order valence-corrected chi connectivity index (χ4v) is 6.52. The van der Waals surface area contributed by atoms with E-state index in [0.717, 1.165) is 34.6 Å². The zero-order valence-electron chi connectivity index (χ0n) is 18.5. The number of aromatic nitrogens is 3. The maximum atomic E-state index is 12.6. The summed E-state index contributed by atoms with van der Waals surface area (Å²) in [5, 5.41) is 12.7. The quantitative estimate of drug-likeness (QED) is 0.527. The third-order valence-electron chi connectivity index (χ3n) is 6.44. The van der Waals surface area contributed by atoms with Crippen molar-refractivity contribution in [3.63, 3.8) is 0 Å². The molecule has 2 atom stereocenters. The Morgan fingerprint density at radius 3 is 3.06 bits per heavy atom. The molecule has 0 saturated carbocycles. The van der Waals surface area contributed by atoms with E-state index in [4.69, 9.17) is 4.74 Å². The molecule has 2 unspecified atom stereocenters. The van der Waals surface area contributed by atoms with Crippen LogP contribution in [-0.2, 0) is 24.7 Å². The molecule has 3 aromatic rings. The maximum absolute atomic E-state index is 12.6. The van der Waals surface area contributed by atoms with Crippen LogP contribution in [0.25, 0.3) is 10.7 Å². The van der Waals surface area contributed by atoms with Crippen LogP contribution < -0.4 is 10.1 Å². The molecule has 1 amide bonds. The lowest BCUT2D eigenvalue weighted by atomic mass is 9.87. The Labute approximate surface area is 196 Å². The molecule has 168 valence electrons. The minimum Gasteiger partial charge on any atom is -0.493 e. The molecule has 32 heavy (non-hydrogen) atoms. The van der Waals surface area contributed by atoms with E-state index in [2.05, 4.69) is 28.5 Å². The molecule has 0 fully saturated rings. The van der Waals surface area contributed by atoms with Crippen LogP contribution in [0.5, 0.6) is 5.75 Å². The van der Waals surface area contributed by atoms with Gasteiger partial charge in [-0.1, -0.05) is 43.3 Å². The number of carbonyl (C=O) groups excluding carboxylic acids is 1. The Hall–Kier alpha value is -2.32. The van der Waals surface area contributed by atoms with Crippen molar-refractivity contribution in [1.29, 1.82) is 0 Å². The van der Waals surface area contributed by atoms with E-state index in [-0.39, 0.29) is 11.9 Å². The van der Waals surface area contributed by atoms with Crippen LogP contribution in [0.3, 0.4) is 0 Å². The van der Waals surface area contributed by atoms with Gasteiger partial charge in [-0.15, -0.1) is 21.5 Å². The summed E-state index contributed by atoms with van der Waals surface area (Å²) in [5.41, 5.74) is 2.53. The van der Waals surface area contributed by atoms with Crippen molar-refractivity contribution in [3.05, 3.63) is 46.3 Å². The third kappa shape index (κ3) is 4.30. The predicted molar refractivity (Wildman–Crippen MR) is 128 cm³/mol. The van der Waals surface area contributed by atoms with Crippen molar-refractivity contribution in [2.24, 2.45) is 13.0 Å². The largest absolute Gasteiger partial charge is 0.493 e. The number of para-hydroxylation sites is 1. The molecule has 8 heteroatoms. The molecule has 0 spiro atoms. The molecule has 2 aliphatic rings. The first kappa shape index (κ1) is 21.5. The summed E-state index contributed by atoms with van der Waals surface area (Å²) >= 11 is 3.28.